The second kappa shape index (κ2) is 8.70. The summed E-state index contributed by atoms with van der Waals surface area (Å²) in [5, 5.41) is 3.00. The smallest absolute Gasteiger partial charge is 0.254 e. The lowest BCUT2D eigenvalue weighted by atomic mass is 9.94. The van der Waals surface area contributed by atoms with Crippen molar-refractivity contribution in [3.63, 3.8) is 0 Å². The van der Waals surface area contributed by atoms with Gasteiger partial charge in [0.15, 0.2) is 11.5 Å². The highest BCUT2D eigenvalue weighted by molar-refractivity contribution is 6.01. The first kappa shape index (κ1) is 21.6. The Balaban J connectivity index is 0.00000267. The minimum absolute atomic E-state index is 0. The molecule has 8 nitrogen and oxygen atoms in total. The Morgan fingerprint density at radius 1 is 0.943 bits per heavy atom. The lowest BCUT2D eigenvalue weighted by Gasteiger charge is -2.26. The van der Waals surface area contributed by atoms with Gasteiger partial charge >= 0.3 is 0 Å². The highest BCUT2D eigenvalue weighted by atomic mass is 16.7. The number of aromatic nitrogens is 1. The van der Waals surface area contributed by atoms with Crippen LogP contribution < -0.4 is 14.8 Å². The quantitative estimate of drug-likeness (QED) is 0.605. The number of anilines is 1. The van der Waals surface area contributed by atoms with E-state index in [0.717, 1.165) is 29.7 Å². The lowest BCUT2D eigenvalue weighted by Crippen LogP contribution is -2.40. The van der Waals surface area contributed by atoms with E-state index in [4.69, 9.17) is 14.2 Å². The predicted molar refractivity (Wildman–Crippen MR) is 131 cm³/mol. The highest BCUT2D eigenvalue weighted by Gasteiger charge is 2.51. The molecular formula is C27H27N3O5. The largest absolute Gasteiger partial charge is 0.454 e. The molecule has 0 radical (unpaired) electrons. The van der Waals surface area contributed by atoms with Crippen LogP contribution in [0.15, 0.2) is 60.7 Å². The summed E-state index contributed by atoms with van der Waals surface area (Å²) >= 11 is 0. The molecule has 0 bridgehead atoms. The van der Waals surface area contributed by atoms with Crippen LogP contribution in [0.3, 0.4) is 0 Å². The van der Waals surface area contributed by atoms with E-state index in [1.165, 1.54) is 0 Å². The molecule has 1 saturated carbocycles. The molecule has 8 heteroatoms. The molecule has 2 aromatic carbocycles. The van der Waals surface area contributed by atoms with Gasteiger partial charge in [0.2, 0.25) is 12.7 Å². The fourth-order valence-electron chi connectivity index (χ4n) is 4.60. The SMILES string of the molecule is O=C(c1ccc(-c2cccc(NC(=O)C3(c4ccc5c(c4)OCO5)CC3)n2)cc1)N1CCOCC1.[HH]. The lowest BCUT2D eigenvalue weighted by molar-refractivity contribution is -0.118. The summed E-state index contributed by atoms with van der Waals surface area (Å²) in [5.74, 6) is 1.81. The van der Waals surface area contributed by atoms with E-state index in [0.29, 0.717) is 49.2 Å². The number of morpholine rings is 1. The van der Waals surface area contributed by atoms with Gasteiger partial charge in [0.05, 0.1) is 24.3 Å². The summed E-state index contributed by atoms with van der Waals surface area (Å²) in [4.78, 5) is 32.4. The zero-order valence-corrected chi connectivity index (χ0v) is 19.2. The molecule has 1 aromatic heterocycles. The zero-order chi connectivity index (χ0) is 23.8. The maximum absolute atomic E-state index is 13.2. The number of nitrogens with one attached hydrogen (secondary N) is 1. The molecule has 1 saturated heterocycles. The number of amides is 2. The molecule has 1 N–H and O–H groups in total. The van der Waals surface area contributed by atoms with Crippen molar-refractivity contribution in [1.29, 1.82) is 0 Å². The van der Waals surface area contributed by atoms with E-state index in [-0.39, 0.29) is 20.0 Å². The number of rotatable bonds is 5. The van der Waals surface area contributed by atoms with Crippen molar-refractivity contribution in [3.05, 3.63) is 71.8 Å². The van der Waals surface area contributed by atoms with Crippen LogP contribution in [0.2, 0.25) is 0 Å². The van der Waals surface area contributed by atoms with Gasteiger partial charge in [-0.2, -0.15) is 0 Å². The molecular weight excluding hydrogens is 446 g/mol. The number of carbonyl (C=O) groups excluding carboxylic acids is 2. The number of nitrogens with zero attached hydrogens (tertiary/aromatic N) is 2. The van der Waals surface area contributed by atoms with E-state index >= 15 is 0 Å². The molecule has 2 fully saturated rings. The average Bonchev–Trinajstić information content (AvgIpc) is 3.60. The van der Waals surface area contributed by atoms with Gasteiger partial charge in [-0.3, -0.25) is 9.59 Å². The predicted octanol–water partition coefficient (Wildman–Crippen LogP) is 3.87. The Morgan fingerprint density at radius 3 is 2.49 bits per heavy atom. The number of pyridine rings is 1. The summed E-state index contributed by atoms with van der Waals surface area (Å²) in [6.07, 6.45) is 1.55. The first-order valence-electron chi connectivity index (χ1n) is 11.8. The number of carbonyl (C=O) groups is 2. The minimum Gasteiger partial charge on any atom is -0.454 e. The van der Waals surface area contributed by atoms with Crippen molar-refractivity contribution in [2.24, 2.45) is 0 Å². The fraction of sp³-hybridized carbons (Fsp3) is 0.296. The topological polar surface area (TPSA) is 90.0 Å². The van der Waals surface area contributed by atoms with Crippen LogP contribution in [-0.4, -0.2) is 54.8 Å². The van der Waals surface area contributed by atoms with Crippen LogP contribution in [0.25, 0.3) is 11.3 Å². The molecule has 6 rings (SSSR count). The Hall–Kier alpha value is -3.91. The van der Waals surface area contributed by atoms with E-state index in [9.17, 15) is 9.59 Å². The van der Waals surface area contributed by atoms with Crippen molar-refractivity contribution in [3.8, 4) is 22.8 Å². The van der Waals surface area contributed by atoms with Gasteiger partial charge in [0, 0.05) is 25.6 Å². The molecule has 0 spiro atoms. The first-order chi connectivity index (χ1) is 17.1. The van der Waals surface area contributed by atoms with Crippen LogP contribution in [0, 0.1) is 0 Å². The van der Waals surface area contributed by atoms with E-state index < -0.39 is 5.41 Å². The van der Waals surface area contributed by atoms with Gasteiger partial charge in [-0.1, -0.05) is 24.3 Å². The van der Waals surface area contributed by atoms with Gasteiger partial charge in [-0.15, -0.1) is 0 Å². The van der Waals surface area contributed by atoms with Crippen LogP contribution >= 0.6 is 0 Å². The molecule has 3 aliphatic rings. The molecule has 2 aliphatic heterocycles. The summed E-state index contributed by atoms with van der Waals surface area (Å²) in [6, 6.07) is 18.6. The Kier molecular flexibility index (Phi) is 5.37. The van der Waals surface area contributed by atoms with Gasteiger partial charge in [-0.05, 0) is 54.8 Å². The van der Waals surface area contributed by atoms with Gasteiger partial charge < -0.3 is 24.4 Å². The Labute approximate surface area is 204 Å². The maximum Gasteiger partial charge on any atom is 0.254 e. The first-order valence-corrected chi connectivity index (χ1v) is 11.8. The standard InChI is InChI=1S/C27H25N3O5.H2/c31-25(30-12-14-33-15-13-30)19-6-4-18(5-7-19)21-2-1-3-24(28-21)29-26(32)27(10-11-27)20-8-9-22-23(16-20)35-17-34-22;/h1-9,16H,10-15,17H2,(H,28,29,32);1H. The third kappa shape index (κ3) is 4.10. The Morgan fingerprint density at radius 2 is 1.71 bits per heavy atom. The molecule has 35 heavy (non-hydrogen) atoms. The van der Waals surface area contributed by atoms with Crippen LogP contribution in [-0.2, 0) is 14.9 Å². The van der Waals surface area contributed by atoms with E-state index in [2.05, 4.69) is 10.3 Å². The second-order valence-corrected chi connectivity index (χ2v) is 8.99. The number of hydrogen-bond acceptors (Lipinski definition) is 6. The van der Waals surface area contributed by atoms with E-state index in [1.54, 1.807) is 11.0 Å². The number of fused-ring (bicyclic) bond motifs is 1. The average molecular weight is 474 g/mol. The van der Waals surface area contributed by atoms with Crippen LogP contribution in [0.5, 0.6) is 11.5 Å². The zero-order valence-electron chi connectivity index (χ0n) is 19.2. The molecule has 0 atom stereocenters. The van der Waals surface area contributed by atoms with Gasteiger partial charge in [-0.25, -0.2) is 4.98 Å². The summed E-state index contributed by atoms with van der Waals surface area (Å²) < 4.78 is 16.2. The molecule has 3 heterocycles. The van der Waals surface area contributed by atoms with Crippen LogP contribution in [0.1, 0.15) is 30.2 Å². The van der Waals surface area contributed by atoms with Crippen molar-refractivity contribution in [1.82, 2.24) is 9.88 Å². The van der Waals surface area contributed by atoms with Crippen LogP contribution in [0.4, 0.5) is 5.82 Å². The third-order valence-electron chi connectivity index (χ3n) is 6.83. The second-order valence-electron chi connectivity index (χ2n) is 8.99. The third-order valence-corrected chi connectivity index (χ3v) is 6.83. The summed E-state index contributed by atoms with van der Waals surface area (Å²) in [5.41, 5.74) is 2.59. The van der Waals surface area contributed by atoms with Crippen molar-refractivity contribution >= 4 is 17.6 Å². The number of benzene rings is 2. The maximum atomic E-state index is 13.2. The normalized spacial score (nSPS) is 17.7. The number of ether oxygens (including phenoxy) is 3. The molecule has 3 aromatic rings. The van der Waals surface area contributed by atoms with E-state index in [1.807, 2.05) is 54.6 Å². The van der Waals surface area contributed by atoms with Crippen molar-refractivity contribution < 1.29 is 25.2 Å². The Bertz CT molecular complexity index is 1290. The molecule has 0 unspecified atom stereocenters. The molecule has 2 amide bonds. The summed E-state index contributed by atoms with van der Waals surface area (Å²) in [7, 11) is 0. The molecule has 180 valence electrons. The van der Waals surface area contributed by atoms with Crippen molar-refractivity contribution in [2.75, 3.05) is 38.4 Å². The fourth-order valence-corrected chi connectivity index (χ4v) is 4.60. The summed E-state index contributed by atoms with van der Waals surface area (Å²) in [6.45, 7) is 2.57. The molecule has 1 aliphatic carbocycles. The highest BCUT2D eigenvalue weighted by Crippen LogP contribution is 2.51. The monoisotopic (exact) mass is 473 g/mol. The van der Waals surface area contributed by atoms with Gasteiger partial charge in [0.1, 0.15) is 5.82 Å². The van der Waals surface area contributed by atoms with Crippen molar-refractivity contribution in [2.45, 2.75) is 18.3 Å². The number of hydrogen-bond donors (Lipinski definition) is 1. The minimum atomic E-state index is -0.569. The van der Waals surface area contributed by atoms with Gasteiger partial charge in [0.25, 0.3) is 5.91 Å².